The Morgan fingerprint density at radius 2 is 1.68 bits per heavy atom. The Morgan fingerprint density at radius 1 is 0.947 bits per heavy atom. The van der Waals surface area contributed by atoms with Crippen LogP contribution in [0.25, 0.3) is 11.1 Å². The average molecular weight is 254 g/mol. The number of hydrogen-bond donors (Lipinski definition) is 1. The van der Waals surface area contributed by atoms with Crippen LogP contribution in [0.1, 0.15) is 0 Å². The van der Waals surface area contributed by atoms with Crippen molar-refractivity contribution in [1.82, 2.24) is 0 Å². The predicted octanol–water partition coefficient (Wildman–Crippen LogP) is 2.77. The minimum absolute atomic E-state index is 0.797. The zero-order valence-corrected chi connectivity index (χ0v) is 10.9. The average Bonchev–Trinajstić information content (AvgIpc) is 2.49. The summed E-state index contributed by atoms with van der Waals surface area (Å²) in [5, 5.41) is 0. The molecule has 1 aliphatic rings. The highest BCUT2D eigenvalue weighted by Gasteiger charge is 2.12. The first-order chi connectivity index (χ1) is 9.34. The van der Waals surface area contributed by atoms with Crippen LogP contribution in [-0.2, 0) is 4.74 Å². The number of benzene rings is 2. The van der Waals surface area contributed by atoms with Gasteiger partial charge in [0, 0.05) is 30.0 Å². The number of nitrogens with two attached hydrogens (primary N) is 1. The highest BCUT2D eigenvalue weighted by atomic mass is 16.5. The van der Waals surface area contributed by atoms with Crippen LogP contribution in [0.5, 0.6) is 0 Å². The lowest BCUT2D eigenvalue weighted by atomic mass is 10.0. The predicted molar refractivity (Wildman–Crippen MR) is 79.3 cm³/mol. The molecular weight excluding hydrogens is 236 g/mol. The molecule has 0 aromatic heterocycles. The van der Waals surface area contributed by atoms with E-state index in [1.165, 1.54) is 5.69 Å². The Morgan fingerprint density at radius 3 is 2.42 bits per heavy atom. The zero-order chi connectivity index (χ0) is 13.1. The van der Waals surface area contributed by atoms with Crippen LogP contribution in [0.3, 0.4) is 0 Å². The van der Waals surface area contributed by atoms with Gasteiger partial charge in [0.05, 0.1) is 13.2 Å². The first-order valence-corrected chi connectivity index (χ1v) is 6.62. The Balaban J connectivity index is 1.96. The van der Waals surface area contributed by atoms with Crippen molar-refractivity contribution in [2.75, 3.05) is 36.9 Å². The van der Waals surface area contributed by atoms with E-state index in [2.05, 4.69) is 29.2 Å². The molecule has 0 radical (unpaired) electrons. The summed E-state index contributed by atoms with van der Waals surface area (Å²) in [7, 11) is 0. The zero-order valence-electron chi connectivity index (χ0n) is 10.9. The Bertz CT molecular complexity index is 548. The summed E-state index contributed by atoms with van der Waals surface area (Å²) >= 11 is 0. The Labute approximate surface area is 113 Å². The van der Waals surface area contributed by atoms with Gasteiger partial charge < -0.3 is 15.4 Å². The third-order valence-corrected chi connectivity index (χ3v) is 3.50. The first-order valence-electron chi connectivity index (χ1n) is 6.62. The van der Waals surface area contributed by atoms with Gasteiger partial charge in [0.2, 0.25) is 0 Å². The standard InChI is InChI=1S/C16H18N2O/c17-16-7-6-14(18-8-10-19-11-9-18)12-15(16)13-4-2-1-3-5-13/h1-7,12H,8-11,17H2. The number of ether oxygens (including phenoxy) is 1. The molecule has 1 aliphatic heterocycles. The maximum Gasteiger partial charge on any atom is 0.0642 e. The summed E-state index contributed by atoms with van der Waals surface area (Å²) in [6, 6.07) is 16.5. The monoisotopic (exact) mass is 254 g/mol. The van der Waals surface area contributed by atoms with Crippen molar-refractivity contribution in [2.24, 2.45) is 0 Å². The van der Waals surface area contributed by atoms with Gasteiger partial charge in [-0.25, -0.2) is 0 Å². The lowest BCUT2D eigenvalue weighted by molar-refractivity contribution is 0.122. The molecule has 0 atom stereocenters. The number of rotatable bonds is 2. The number of anilines is 2. The lowest BCUT2D eigenvalue weighted by Crippen LogP contribution is -2.36. The molecular formula is C16H18N2O. The van der Waals surface area contributed by atoms with Crippen LogP contribution in [0.15, 0.2) is 48.5 Å². The first kappa shape index (κ1) is 12.1. The molecule has 0 aliphatic carbocycles. The van der Waals surface area contributed by atoms with E-state index in [1.807, 2.05) is 24.3 Å². The van der Waals surface area contributed by atoms with Gasteiger partial charge in [-0.2, -0.15) is 0 Å². The second-order valence-corrected chi connectivity index (χ2v) is 4.74. The van der Waals surface area contributed by atoms with E-state index in [-0.39, 0.29) is 0 Å². The molecule has 1 saturated heterocycles. The van der Waals surface area contributed by atoms with Crippen molar-refractivity contribution in [3.63, 3.8) is 0 Å². The van der Waals surface area contributed by atoms with E-state index in [1.54, 1.807) is 0 Å². The number of morpholine rings is 1. The SMILES string of the molecule is Nc1ccc(N2CCOCC2)cc1-c1ccccc1. The van der Waals surface area contributed by atoms with E-state index < -0.39 is 0 Å². The Kier molecular flexibility index (Phi) is 3.38. The smallest absolute Gasteiger partial charge is 0.0642 e. The van der Waals surface area contributed by atoms with Gasteiger partial charge in [-0.3, -0.25) is 0 Å². The van der Waals surface area contributed by atoms with Crippen molar-refractivity contribution in [3.8, 4) is 11.1 Å². The number of hydrogen-bond acceptors (Lipinski definition) is 3. The van der Waals surface area contributed by atoms with Gasteiger partial charge in [-0.1, -0.05) is 30.3 Å². The minimum Gasteiger partial charge on any atom is -0.398 e. The second kappa shape index (κ2) is 5.33. The lowest BCUT2D eigenvalue weighted by Gasteiger charge is -2.29. The fourth-order valence-corrected chi connectivity index (χ4v) is 2.43. The van der Waals surface area contributed by atoms with Gasteiger partial charge in [0.15, 0.2) is 0 Å². The topological polar surface area (TPSA) is 38.5 Å². The summed E-state index contributed by atoms with van der Waals surface area (Å²) in [5.74, 6) is 0. The third kappa shape index (κ3) is 2.56. The number of nitrogens with zero attached hydrogens (tertiary/aromatic N) is 1. The van der Waals surface area contributed by atoms with Crippen molar-refractivity contribution in [1.29, 1.82) is 0 Å². The summed E-state index contributed by atoms with van der Waals surface area (Å²) in [6.07, 6.45) is 0. The van der Waals surface area contributed by atoms with E-state index in [9.17, 15) is 0 Å². The van der Waals surface area contributed by atoms with E-state index in [4.69, 9.17) is 10.5 Å². The molecule has 0 saturated carbocycles. The molecule has 3 nitrogen and oxygen atoms in total. The minimum atomic E-state index is 0.797. The molecule has 3 heteroatoms. The summed E-state index contributed by atoms with van der Waals surface area (Å²) < 4.78 is 5.39. The molecule has 98 valence electrons. The van der Waals surface area contributed by atoms with Crippen LogP contribution >= 0.6 is 0 Å². The van der Waals surface area contributed by atoms with E-state index >= 15 is 0 Å². The highest BCUT2D eigenvalue weighted by Crippen LogP contribution is 2.30. The van der Waals surface area contributed by atoms with Crippen LogP contribution in [0.4, 0.5) is 11.4 Å². The maximum atomic E-state index is 6.11. The molecule has 19 heavy (non-hydrogen) atoms. The third-order valence-electron chi connectivity index (χ3n) is 3.50. The molecule has 2 aromatic carbocycles. The van der Waals surface area contributed by atoms with Crippen molar-refractivity contribution in [2.45, 2.75) is 0 Å². The fraction of sp³-hybridized carbons (Fsp3) is 0.250. The van der Waals surface area contributed by atoms with Gasteiger partial charge in [-0.05, 0) is 23.8 Å². The summed E-state index contributed by atoms with van der Waals surface area (Å²) in [4.78, 5) is 2.34. The van der Waals surface area contributed by atoms with E-state index in [0.717, 1.165) is 43.1 Å². The van der Waals surface area contributed by atoms with E-state index in [0.29, 0.717) is 0 Å². The molecule has 0 spiro atoms. The second-order valence-electron chi connectivity index (χ2n) is 4.74. The summed E-state index contributed by atoms with van der Waals surface area (Å²) in [6.45, 7) is 3.48. The molecule has 1 heterocycles. The van der Waals surface area contributed by atoms with Crippen LogP contribution in [0, 0.1) is 0 Å². The van der Waals surface area contributed by atoms with Crippen LogP contribution in [-0.4, -0.2) is 26.3 Å². The van der Waals surface area contributed by atoms with Crippen molar-refractivity contribution in [3.05, 3.63) is 48.5 Å². The van der Waals surface area contributed by atoms with Gasteiger partial charge in [0.1, 0.15) is 0 Å². The molecule has 0 bridgehead atoms. The Hall–Kier alpha value is -2.00. The molecule has 1 fully saturated rings. The molecule has 2 N–H and O–H groups in total. The quantitative estimate of drug-likeness (QED) is 0.837. The molecule has 3 rings (SSSR count). The normalized spacial score (nSPS) is 15.5. The van der Waals surface area contributed by atoms with Crippen LogP contribution < -0.4 is 10.6 Å². The molecule has 0 unspecified atom stereocenters. The maximum absolute atomic E-state index is 6.11. The summed E-state index contributed by atoms with van der Waals surface area (Å²) in [5.41, 5.74) is 10.4. The van der Waals surface area contributed by atoms with Gasteiger partial charge in [-0.15, -0.1) is 0 Å². The van der Waals surface area contributed by atoms with Gasteiger partial charge >= 0.3 is 0 Å². The van der Waals surface area contributed by atoms with Crippen molar-refractivity contribution >= 4 is 11.4 Å². The largest absolute Gasteiger partial charge is 0.398 e. The molecule has 2 aromatic rings. The highest BCUT2D eigenvalue weighted by molar-refractivity contribution is 5.79. The van der Waals surface area contributed by atoms with Gasteiger partial charge in [0.25, 0.3) is 0 Å². The fourth-order valence-electron chi connectivity index (χ4n) is 2.43. The number of nitrogen functional groups attached to an aromatic ring is 1. The molecule has 0 amide bonds. The van der Waals surface area contributed by atoms with Crippen LogP contribution in [0.2, 0.25) is 0 Å². The van der Waals surface area contributed by atoms with Crippen molar-refractivity contribution < 1.29 is 4.74 Å².